The van der Waals surface area contributed by atoms with Crippen molar-refractivity contribution in [3.05, 3.63) is 106 Å². The fourth-order valence-corrected chi connectivity index (χ4v) is 7.57. The normalized spacial score (nSPS) is 19.0. The number of benzene rings is 3. The van der Waals surface area contributed by atoms with E-state index in [1.165, 1.54) is 6.07 Å². The number of carbonyl (C=O) groups excluding carboxylic acids is 5. The second-order valence-electron chi connectivity index (χ2n) is 10.5. The summed E-state index contributed by atoms with van der Waals surface area (Å²) in [5.41, 5.74) is 2.55. The summed E-state index contributed by atoms with van der Waals surface area (Å²) in [7, 11) is 0. The van der Waals surface area contributed by atoms with Gasteiger partial charge in [-0.25, -0.2) is 9.59 Å². The highest BCUT2D eigenvalue weighted by Crippen LogP contribution is 2.46. The van der Waals surface area contributed by atoms with Gasteiger partial charge in [0.15, 0.2) is 11.3 Å². The Morgan fingerprint density at radius 2 is 1.45 bits per heavy atom. The van der Waals surface area contributed by atoms with E-state index in [0.29, 0.717) is 0 Å². The number of thioether (sulfide) groups is 1. The van der Waals surface area contributed by atoms with Gasteiger partial charge in [0.1, 0.15) is 12.6 Å². The number of fused-ring (bicyclic) bond motifs is 4. The van der Waals surface area contributed by atoms with Gasteiger partial charge in [-0.1, -0.05) is 72.8 Å². The van der Waals surface area contributed by atoms with E-state index in [-0.39, 0.29) is 52.2 Å². The van der Waals surface area contributed by atoms with Crippen LogP contribution in [0.2, 0.25) is 0 Å². The van der Waals surface area contributed by atoms with Crippen molar-refractivity contribution in [1.82, 2.24) is 10.6 Å². The van der Waals surface area contributed by atoms with Crippen molar-refractivity contribution in [3.8, 4) is 11.1 Å². The molecule has 1 heterocycles. The second-order valence-corrected chi connectivity index (χ2v) is 11.9. The van der Waals surface area contributed by atoms with E-state index in [4.69, 9.17) is 9.47 Å². The Hall–Kier alpha value is -4.35. The molecule has 0 fully saturated rings. The van der Waals surface area contributed by atoms with Gasteiger partial charge in [0, 0.05) is 28.6 Å². The first-order valence-corrected chi connectivity index (χ1v) is 15.7. The van der Waals surface area contributed by atoms with E-state index in [1.54, 1.807) is 25.1 Å². The second kappa shape index (κ2) is 12.0. The zero-order valence-corrected chi connectivity index (χ0v) is 25.3. The van der Waals surface area contributed by atoms with Gasteiger partial charge in [0.25, 0.3) is 0 Å². The maximum atomic E-state index is 13.7. The van der Waals surface area contributed by atoms with E-state index in [1.807, 2.05) is 48.5 Å². The number of nitrogens with one attached hydrogen (secondary N) is 2. The lowest BCUT2D eigenvalue weighted by atomic mass is 9.79. The number of hydrogen-bond donors (Lipinski definition) is 3. The number of ketones is 2. The van der Waals surface area contributed by atoms with Crippen molar-refractivity contribution in [2.45, 2.75) is 24.4 Å². The van der Waals surface area contributed by atoms with E-state index in [0.717, 1.165) is 34.0 Å². The summed E-state index contributed by atoms with van der Waals surface area (Å²) in [4.78, 5) is 67.0. The zero-order valence-electron chi connectivity index (χ0n) is 23.6. The number of Topliss-reactive ketones (excluding diaryl/α,β-unsaturated/α-hetero) is 2. The van der Waals surface area contributed by atoms with Crippen LogP contribution in [0.1, 0.15) is 44.7 Å². The van der Waals surface area contributed by atoms with Gasteiger partial charge < -0.3 is 20.1 Å². The summed E-state index contributed by atoms with van der Waals surface area (Å²) in [5, 5.41) is 5.18. The molecule has 224 valence electrons. The molecule has 0 saturated carbocycles. The summed E-state index contributed by atoms with van der Waals surface area (Å²) in [6, 6.07) is 21.0. The van der Waals surface area contributed by atoms with E-state index in [9.17, 15) is 24.0 Å². The molecule has 9 nitrogen and oxygen atoms in total. The lowest BCUT2D eigenvalue weighted by Gasteiger charge is -2.32. The molecule has 1 aliphatic heterocycles. The standard InChI is InChI=1S/C33H28N2O7S2/c1-2-41-31(39)33(17-44-29-26(33)27(36)22-13-7-8-14-23(22)28(29)37)35-30(38)25(16-43)34-32(40)42-15-24-20-11-5-3-9-18(20)19-10-4-6-12-21(19)24/h3-14,24-25,43H,2,15-17H2,1H3,(H,34,40)(H,35,38)/t25-,33?/m0/s1. The van der Waals surface area contributed by atoms with Gasteiger partial charge in [-0.15, -0.1) is 11.8 Å². The number of hydrogen-bond acceptors (Lipinski definition) is 9. The number of rotatable bonds is 8. The highest BCUT2D eigenvalue weighted by atomic mass is 32.2. The van der Waals surface area contributed by atoms with Gasteiger partial charge in [-0.2, -0.15) is 12.6 Å². The smallest absolute Gasteiger partial charge is 0.407 e. The average Bonchev–Trinajstić information content (AvgIpc) is 3.58. The lowest BCUT2D eigenvalue weighted by Crippen LogP contribution is -2.63. The molecule has 11 heteroatoms. The highest BCUT2D eigenvalue weighted by Gasteiger charge is 2.56. The van der Waals surface area contributed by atoms with E-state index >= 15 is 0 Å². The molecule has 3 aromatic carbocycles. The topological polar surface area (TPSA) is 128 Å². The average molecular weight is 629 g/mol. The third-order valence-corrected chi connectivity index (χ3v) is 9.65. The molecule has 1 unspecified atom stereocenters. The van der Waals surface area contributed by atoms with Crippen molar-refractivity contribution in [2.24, 2.45) is 0 Å². The zero-order chi connectivity index (χ0) is 31.0. The van der Waals surface area contributed by atoms with E-state index < -0.39 is 41.1 Å². The third-order valence-electron chi connectivity index (χ3n) is 8.03. The summed E-state index contributed by atoms with van der Waals surface area (Å²) in [5.74, 6) is -3.03. The molecule has 2 aliphatic carbocycles. The minimum atomic E-state index is -1.93. The molecular weight excluding hydrogens is 601 g/mol. The predicted octanol–water partition coefficient (Wildman–Crippen LogP) is 4.32. The van der Waals surface area contributed by atoms with Crippen LogP contribution in [0.4, 0.5) is 4.79 Å². The minimum absolute atomic E-state index is 0.0174. The van der Waals surface area contributed by atoms with Crippen LogP contribution in [0.5, 0.6) is 0 Å². The molecule has 6 rings (SSSR count). The van der Waals surface area contributed by atoms with Crippen molar-refractivity contribution >= 4 is 53.9 Å². The largest absolute Gasteiger partial charge is 0.464 e. The van der Waals surface area contributed by atoms with Gasteiger partial charge in [-0.3, -0.25) is 14.4 Å². The van der Waals surface area contributed by atoms with Gasteiger partial charge >= 0.3 is 12.1 Å². The van der Waals surface area contributed by atoms with Crippen molar-refractivity contribution in [2.75, 3.05) is 24.7 Å². The Balaban J connectivity index is 1.20. The minimum Gasteiger partial charge on any atom is -0.464 e. The molecule has 3 aromatic rings. The number of alkyl carbamates (subject to hydrolysis) is 1. The molecule has 0 bridgehead atoms. The Kier molecular flexibility index (Phi) is 8.08. The summed E-state index contributed by atoms with van der Waals surface area (Å²) in [6.45, 7) is 1.62. The van der Waals surface area contributed by atoms with Crippen LogP contribution in [0.25, 0.3) is 11.1 Å². The molecule has 0 aromatic heterocycles. The maximum absolute atomic E-state index is 13.7. The maximum Gasteiger partial charge on any atom is 0.407 e. The van der Waals surface area contributed by atoms with Gasteiger partial charge in [-0.05, 0) is 29.2 Å². The van der Waals surface area contributed by atoms with Crippen LogP contribution in [-0.2, 0) is 19.1 Å². The fraction of sp³-hybridized carbons (Fsp3) is 0.242. The number of ether oxygens (including phenoxy) is 2. The molecular formula is C33H28N2O7S2. The van der Waals surface area contributed by atoms with Crippen molar-refractivity contribution in [1.29, 1.82) is 0 Å². The molecule has 2 N–H and O–H groups in total. The Bertz CT molecular complexity index is 1710. The Morgan fingerprint density at radius 3 is 2.05 bits per heavy atom. The molecule has 2 amide bonds. The summed E-state index contributed by atoms with van der Waals surface area (Å²) in [6.07, 6.45) is -0.843. The SMILES string of the molecule is CCOC(=O)C1(NC(=O)[C@H](CS)NC(=O)OCC2c3ccccc3-c3ccccc32)CSC2=C1C(=O)c1ccccc1C2=O. The van der Waals surface area contributed by atoms with Gasteiger partial charge in [0.05, 0.1) is 17.1 Å². The molecule has 3 aliphatic rings. The molecule has 2 atom stereocenters. The summed E-state index contributed by atoms with van der Waals surface area (Å²) < 4.78 is 10.9. The lowest BCUT2D eigenvalue weighted by molar-refractivity contribution is -0.150. The number of amides is 2. The molecule has 0 saturated heterocycles. The number of allylic oxidation sites excluding steroid dienone is 1. The van der Waals surface area contributed by atoms with Crippen LogP contribution < -0.4 is 10.6 Å². The first kappa shape index (κ1) is 29.7. The predicted molar refractivity (Wildman–Crippen MR) is 168 cm³/mol. The molecule has 0 spiro atoms. The van der Waals surface area contributed by atoms with Crippen LogP contribution in [-0.4, -0.2) is 65.8 Å². The number of carbonyl (C=O) groups is 5. The highest BCUT2D eigenvalue weighted by molar-refractivity contribution is 8.04. The van der Waals surface area contributed by atoms with Crippen LogP contribution >= 0.6 is 24.4 Å². The molecule has 0 radical (unpaired) electrons. The first-order valence-electron chi connectivity index (χ1n) is 14.1. The molecule has 44 heavy (non-hydrogen) atoms. The van der Waals surface area contributed by atoms with Crippen molar-refractivity contribution in [3.63, 3.8) is 0 Å². The Labute approximate surface area is 263 Å². The third kappa shape index (κ3) is 4.89. The monoisotopic (exact) mass is 628 g/mol. The quantitative estimate of drug-likeness (QED) is 0.249. The number of thiol groups is 1. The Morgan fingerprint density at radius 1 is 0.886 bits per heavy atom. The number of esters is 1. The first-order chi connectivity index (χ1) is 21.3. The van der Waals surface area contributed by atoms with Crippen LogP contribution in [0.15, 0.2) is 83.3 Å². The summed E-state index contributed by atoms with van der Waals surface area (Å²) >= 11 is 5.26. The van der Waals surface area contributed by atoms with E-state index in [2.05, 4.69) is 23.3 Å². The van der Waals surface area contributed by atoms with Crippen LogP contribution in [0, 0.1) is 0 Å². The van der Waals surface area contributed by atoms with Crippen molar-refractivity contribution < 1.29 is 33.4 Å². The fourth-order valence-electron chi connectivity index (χ4n) is 5.97. The van der Waals surface area contributed by atoms with Crippen LogP contribution in [0.3, 0.4) is 0 Å². The van der Waals surface area contributed by atoms with Gasteiger partial charge in [0.2, 0.25) is 11.7 Å².